The average Bonchev–Trinajstić information content (AvgIpc) is 2.73. The first-order valence-electron chi connectivity index (χ1n) is 8.24. The molecule has 136 valence electrons. The van der Waals surface area contributed by atoms with E-state index < -0.39 is 32.6 Å². The van der Waals surface area contributed by atoms with E-state index in [2.05, 4.69) is 33.9 Å². The quantitative estimate of drug-likeness (QED) is 0.786. The molecule has 2 aliphatic rings. The molecule has 2 heterocycles. The smallest absolute Gasteiger partial charge is 0.192 e. The van der Waals surface area contributed by atoms with E-state index in [-0.39, 0.29) is 17.2 Å². The van der Waals surface area contributed by atoms with E-state index in [0.717, 1.165) is 0 Å². The number of methoxy groups -OCH3 is 1. The standard InChI is InChI=1S/C16H32O6Si/c1-15(2,3)23(7,8)19-9-10-12-13(22-16(4,5)21-12)11(17)14(18-6)20-10/h10-14,17H,9H2,1-8H3/t10-,11-,12+,13-,14+/m1/s1. The predicted molar refractivity (Wildman–Crippen MR) is 88.7 cm³/mol. The Morgan fingerprint density at radius 1 is 1.13 bits per heavy atom. The number of aliphatic hydroxyl groups excluding tert-OH is 1. The molecule has 23 heavy (non-hydrogen) atoms. The molecule has 5 atom stereocenters. The summed E-state index contributed by atoms with van der Waals surface area (Å²) < 4.78 is 29.2. The fraction of sp³-hybridized carbons (Fsp3) is 1.00. The number of ether oxygens (including phenoxy) is 4. The highest BCUT2D eigenvalue weighted by atomic mass is 28.4. The van der Waals surface area contributed by atoms with Gasteiger partial charge in [-0.1, -0.05) is 20.8 Å². The second kappa shape index (κ2) is 6.37. The first-order chi connectivity index (χ1) is 10.4. The zero-order valence-corrected chi connectivity index (χ0v) is 16.6. The summed E-state index contributed by atoms with van der Waals surface area (Å²) in [5, 5.41) is 10.5. The summed E-state index contributed by atoms with van der Waals surface area (Å²) in [7, 11) is -0.383. The predicted octanol–water partition coefficient (Wildman–Crippen LogP) is 2.26. The Morgan fingerprint density at radius 3 is 2.22 bits per heavy atom. The fourth-order valence-electron chi connectivity index (χ4n) is 2.69. The maximum Gasteiger partial charge on any atom is 0.192 e. The molecular weight excluding hydrogens is 316 g/mol. The first kappa shape index (κ1) is 19.3. The lowest BCUT2D eigenvalue weighted by atomic mass is 9.99. The summed E-state index contributed by atoms with van der Waals surface area (Å²) >= 11 is 0. The highest BCUT2D eigenvalue weighted by Gasteiger charge is 2.55. The average molecular weight is 349 g/mol. The molecule has 0 saturated carbocycles. The molecule has 1 N–H and O–H groups in total. The van der Waals surface area contributed by atoms with Crippen molar-refractivity contribution in [2.24, 2.45) is 0 Å². The summed E-state index contributed by atoms with van der Waals surface area (Å²) in [5.41, 5.74) is 0. The normalized spacial score (nSPS) is 37.7. The van der Waals surface area contributed by atoms with Gasteiger partial charge < -0.3 is 28.5 Å². The van der Waals surface area contributed by atoms with Crippen LogP contribution in [-0.2, 0) is 23.4 Å². The van der Waals surface area contributed by atoms with Crippen molar-refractivity contribution < 1.29 is 28.5 Å². The van der Waals surface area contributed by atoms with E-state index in [1.165, 1.54) is 7.11 Å². The van der Waals surface area contributed by atoms with Gasteiger partial charge in [0.1, 0.15) is 24.4 Å². The van der Waals surface area contributed by atoms with Gasteiger partial charge in [-0.15, -0.1) is 0 Å². The summed E-state index contributed by atoms with van der Waals surface area (Å²) in [4.78, 5) is 0. The number of rotatable bonds is 4. The summed E-state index contributed by atoms with van der Waals surface area (Å²) in [6, 6.07) is 0. The SMILES string of the molecule is CO[C@H]1O[C@H](CO[Si](C)(C)C(C)(C)C)[C@@H]2OC(C)(C)O[C@@H]2[C@H]1O. The molecule has 6 nitrogen and oxygen atoms in total. The third-order valence-corrected chi connectivity index (χ3v) is 9.60. The lowest BCUT2D eigenvalue weighted by Gasteiger charge is -2.42. The fourth-order valence-corrected chi connectivity index (χ4v) is 3.70. The lowest BCUT2D eigenvalue weighted by Crippen LogP contribution is -2.58. The van der Waals surface area contributed by atoms with Crippen molar-refractivity contribution in [3.05, 3.63) is 0 Å². The Balaban J connectivity index is 2.11. The third kappa shape index (κ3) is 3.97. The largest absolute Gasteiger partial charge is 0.414 e. The molecule has 0 aromatic heterocycles. The molecule has 2 fully saturated rings. The molecule has 0 amide bonds. The molecule has 0 spiro atoms. The first-order valence-corrected chi connectivity index (χ1v) is 11.1. The van der Waals surface area contributed by atoms with Crippen molar-refractivity contribution in [1.29, 1.82) is 0 Å². The summed E-state index contributed by atoms with van der Waals surface area (Å²) in [6.07, 6.45) is -2.78. The van der Waals surface area contributed by atoms with Crippen molar-refractivity contribution in [1.82, 2.24) is 0 Å². The summed E-state index contributed by atoms with van der Waals surface area (Å²) in [5.74, 6) is -0.752. The van der Waals surface area contributed by atoms with Gasteiger partial charge >= 0.3 is 0 Å². The van der Waals surface area contributed by atoms with Crippen LogP contribution in [-0.4, -0.2) is 63.6 Å². The van der Waals surface area contributed by atoms with Gasteiger partial charge in [-0.05, 0) is 32.0 Å². The van der Waals surface area contributed by atoms with Gasteiger partial charge in [0.2, 0.25) is 0 Å². The van der Waals surface area contributed by atoms with Crippen molar-refractivity contribution in [3.8, 4) is 0 Å². The maximum atomic E-state index is 10.4. The molecule has 2 rings (SSSR count). The molecular formula is C16H32O6Si. The van der Waals surface area contributed by atoms with Crippen LogP contribution in [0, 0.1) is 0 Å². The molecule has 0 aliphatic carbocycles. The minimum absolute atomic E-state index is 0.119. The Kier molecular flexibility index (Phi) is 5.34. The van der Waals surface area contributed by atoms with Crippen molar-refractivity contribution in [2.75, 3.05) is 13.7 Å². The monoisotopic (exact) mass is 348 g/mol. The van der Waals surface area contributed by atoms with Crippen LogP contribution < -0.4 is 0 Å². The Bertz CT molecular complexity index is 419. The Morgan fingerprint density at radius 2 is 1.70 bits per heavy atom. The van der Waals surface area contributed by atoms with Gasteiger partial charge in [0, 0.05) is 7.11 Å². The van der Waals surface area contributed by atoms with Crippen LogP contribution in [0.25, 0.3) is 0 Å². The molecule has 0 aromatic rings. The van der Waals surface area contributed by atoms with E-state index >= 15 is 0 Å². The molecule has 0 radical (unpaired) electrons. The zero-order valence-electron chi connectivity index (χ0n) is 15.6. The minimum Gasteiger partial charge on any atom is -0.414 e. The van der Waals surface area contributed by atoms with Crippen LogP contribution in [0.5, 0.6) is 0 Å². The second-order valence-electron chi connectivity index (χ2n) is 8.41. The van der Waals surface area contributed by atoms with Gasteiger partial charge in [-0.2, -0.15) is 0 Å². The van der Waals surface area contributed by atoms with Gasteiger partial charge in [-0.3, -0.25) is 0 Å². The summed E-state index contributed by atoms with van der Waals surface area (Å²) in [6.45, 7) is 15.1. The molecule has 0 unspecified atom stereocenters. The van der Waals surface area contributed by atoms with Gasteiger partial charge in [0.15, 0.2) is 20.4 Å². The topological polar surface area (TPSA) is 66.4 Å². The maximum absolute atomic E-state index is 10.4. The van der Waals surface area contributed by atoms with Crippen LogP contribution in [0.1, 0.15) is 34.6 Å². The number of hydrogen-bond donors (Lipinski definition) is 1. The molecule has 2 aliphatic heterocycles. The van der Waals surface area contributed by atoms with Crippen molar-refractivity contribution in [3.63, 3.8) is 0 Å². The van der Waals surface area contributed by atoms with E-state index in [9.17, 15) is 5.11 Å². The van der Waals surface area contributed by atoms with E-state index in [1.807, 2.05) is 13.8 Å². The van der Waals surface area contributed by atoms with Crippen molar-refractivity contribution >= 4 is 8.32 Å². The lowest BCUT2D eigenvalue weighted by molar-refractivity contribution is -0.273. The van der Waals surface area contributed by atoms with Crippen LogP contribution >= 0.6 is 0 Å². The highest BCUT2D eigenvalue weighted by Crippen LogP contribution is 2.40. The van der Waals surface area contributed by atoms with Gasteiger partial charge in [-0.25, -0.2) is 0 Å². The molecule has 7 heteroatoms. The Hall–Kier alpha value is -0.0231. The number of hydrogen-bond acceptors (Lipinski definition) is 6. The van der Waals surface area contributed by atoms with E-state index in [4.69, 9.17) is 23.4 Å². The molecule has 0 aromatic carbocycles. The van der Waals surface area contributed by atoms with Crippen molar-refractivity contribution in [2.45, 2.75) is 89.2 Å². The van der Waals surface area contributed by atoms with Crippen LogP contribution in [0.15, 0.2) is 0 Å². The minimum atomic E-state index is -1.90. The van der Waals surface area contributed by atoms with Crippen LogP contribution in [0.2, 0.25) is 18.1 Å². The zero-order chi connectivity index (χ0) is 17.6. The number of fused-ring (bicyclic) bond motifs is 1. The third-order valence-electron chi connectivity index (χ3n) is 5.10. The van der Waals surface area contributed by atoms with E-state index in [1.54, 1.807) is 0 Å². The van der Waals surface area contributed by atoms with E-state index in [0.29, 0.717) is 6.61 Å². The molecule has 0 bridgehead atoms. The van der Waals surface area contributed by atoms with Crippen LogP contribution in [0.4, 0.5) is 0 Å². The molecule has 2 saturated heterocycles. The number of aliphatic hydroxyl groups is 1. The Labute approximate surface area is 140 Å². The van der Waals surface area contributed by atoms with Gasteiger partial charge in [0.25, 0.3) is 0 Å². The second-order valence-corrected chi connectivity index (χ2v) is 13.2. The highest BCUT2D eigenvalue weighted by molar-refractivity contribution is 6.74. The van der Waals surface area contributed by atoms with Crippen LogP contribution in [0.3, 0.4) is 0 Å². The van der Waals surface area contributed by atoms with Gasteiger partial charge in [0.05, 0.1) is 6.61 Å².